The van der Waals surface area contributed by atoms with Gasteiger partial charge in [-0.3, -0.25) is 14.9 Å². The second-order valence-corrected chi connectivity index (χ2v) is 7.30. The number of nitro benzene ring substituents is 1. The maximum atomic E-state index is 12.7. The number of rotatable bonds is 7. The van der Waals surface area contributed by atoms with Gasteiger partial charge in [-0.05, 0) is 42.7 Å². The highest BCUT2D eigenvalue weighted by molar-refractivity contribution is 9.10. The fourth-order valence-electron chi connectivity index (χ4n) is 2.66. The minimum atomic E-state index is -1.03. The molecule has 0 spiro atoms. The molecule has 1 saturated carbocycles. The van der Waals surface area contributed by atoms with Gasteiger partial charge in [-0.25, -0.2) is 4.79 Å². The third-order valence-corrected chi connectivity index (χ3v) is 4.84. The van der Waals surface area contributed by atoms with Crippen molar-refractivity contribution >= 4 is 39.2 Å². The molecule has 1 unspecified atom stereocenters. The Balaban J connectivity index is 1.84. The number of methoxy groups -OCH3 is 1. The van der Waals surface area contributed by atoms with Gasteiger partial charge in [-0.1, -0.05) is 28.1 Å². The topological polar surface area (TPSA) is 111 Å². The van der Waals surface area contributed by atoms with Gasteiger partial charge in [0.15, 0.2) is 6.04 Å². The van der Waals surface area contributed by atoms with Gasteiger partial charge in [0.25, 0.3) is 11.6 Å². The third kappa shape index (κ3) is 4.66. The molecular weight excluding hydrogens is 430 g/mol. The summed E-state index contributed by atoms with van der Waals surface area (Å²) in [6.07, 6.45) is 1.93. The number of nitrogens with zero attached hydrogens (tertiary/aromatic N) is 1. The van der Waals surface area contributed by atoms with E-state index in [4.69, 9.17) is 4.74 Å². The zero-order valence-electron chi connectivity index (χ0n) is 15.0. The summed E-state index contributed by atoms with van der Waals surface area (Å²) in [5.41, 5.74) is 0.809. The van der Waals surface area contributed by atoms with Crippen molar-refractivity contribution in [1.82, 2.24) is 5.32 Å². The molecule has 1 amide bonds. The number of benzene rings is 2. The fraction of sp³-hybridized carbons (Fsp3) is 0.263. The summed E-state index contributed by atoms with van der Waals surface area (Å²) in [6.45, 7) is 0. The van der Waals surface area contributed by atoms with E-state index < -0.39 is 22.8 Å². The van der Waals surface area contributed by atoms with Crippen molar-refractivity contribution in [3.8, 4) is 0 Å². The van der Waals surface area contributed by atoms with Crippen LogP contribution in [0.3, 0.4) is 0 Å². The summed E-state index contributed by atoms with van der Waals surface area (Å²) >= 11 is 3.31. The Kier molecular flexibility index (Phi) is 5.93. The van der Waals surface area contributed by atoms with Crippen LogP contribution in [0.5, 0.6) is 0 Å². The highest BCUT2D eigenvalue weighted by Crippen LogP contribution is 2.31. The smallest absolute Gasteiger partial charge is 0.333 e. The first-order valence-corrected chi connectivity index (χ1v) is 9.37. The van der Waals surface area contributed by atoms with E-state index in [-0.39, 0.29) is 17.3 Å². The minimum absolute atomic E-state index is 0.0825. The molecule has 0 aromatic heterocycles. The standard InChI is InChI=1S/C19H18BrN3O5/c1-28-19(25)17(11-2-5-13(20)6-3-11)22-18(24)12-4-9-15(21-14-7-8-14)16(10-12)23(26)27/h2-6,9-10,14,17,21H,7-8H2,1H3,(H,22,24). The Morgan fingerprint density at radius 3 is 2.46 bits per heavy atom. The van der Waals surface area contributed by atoms with Gasteiger partial charge in [-0.15, -0.1) is 0 Å². The molecule has 2 N–H and O–H groups in total. The average Bonchev–Trinajstić information content (AvgIpc) is 3.50. The second-order valence-electron chi connectivity index (χ2n) is 6.39. The van der Waals surface area contributed by atoms with Crippen molar-refractivity contribution in [2.24, 2.45) is 0 Å². The van der Waals surface area contributed by atoms with Crippen LogP contribution in [0.25, 0.3) is 0 Å². The Labute approximate surface area is 169 Å². The number of hydrogen-bond donors (Lipinski definition) is 2. The maximum Gasteiger partial charge on any atom is 0.333 e. The first-order chi connectivity index (χ1) is 13.4. The SMILES string of the molecule is COC(=O)C(NC(=O)c1ccc(NC2CC2)c([N+](=O)[O-])c1)c1ccc(Br)cc1. The van der Waals surface area contributed by atoms with Gasteiger partial charge in [-0.2, -0.15) is 0 Å². The van der Waals surface area contributed by atoms with Crippen molar-refractivity contribution in [2.45, 2.75) is 24.9 Å². The molecule has 1 fully saturated rings. The van der Waals surface area contributed by atoms with Gasteiger partial charge in [0.05, 0.1) is 12.0 Å². The van der Waals surface area contributed by atoms with E-state index in [1.54, 1.807) is 24.3 Å². The summed E-state index contributed by atoms with van der Waals surface area (Å²) in [6, 6.07) is 10.2. The molecule has 2 aromatic carbocycles. The van der Waals surface area contributed by atoms with E-state index in [1.807, 2.05) is 0 Å². The Morgan fingerprint density at radius 2 is 1.89 bits per heavy atom. The highest BCUT2D eigenvalue weighted by atomic mass is 79.9. The molecule has 146 valence electrons. The predicted molar refractivity (Wildman–Crippen MR) is 106 cm³/mol. The van der Waals surface area contributed by atoms with Crippen LogP contribution < -0.4 is 10.6 Å². The van der Waals surface area contributed by atoms with Gasteiger partial charge < -0.3 is 15.4 Å². The monoisotopic (exact) mass is 447 g/mol. The second kappa shape index (κ2) is 8.39. The van der Waals surface area contributed by atoms with Crippen molar-refractivity contribution in [1.29, 1.82) is 0 Å². The number of hydrogen-bond acceptors (Lipinski definition) is 6. The zero-order valence-corrected chi connectivity index (χ0v) is 16.6. The number of carbonyl (C=O) groups excluding carboxylic acids is 2. The van der Waals surface area contributed by atoms with E-state index in [0.717, 1.165) is 17.3 Å². The molecule has 0 aliphatic heterocycles. The largest absolute Gasteiger partial charge is 0.467 e. The van der Waals surface area contributed by atoms with Gasteiger partial charge in [0.2, 0.25) is 0 Å². The molecule has 0 saturated heterocycles. The van der Waals surface area contributed by atoms with Gasteiger partial charge >= 0.3 is 5.97 Å². The molecule has 9 heteroatoms. The number of anilines is 1. The minimum Gasteiger partial charge on any atom is -0.467 e. The van der Waals surface area contributed by atoms with E-state index in [1.165, 1.54) is 25.3 Å². The average molecular weight is 448 g/mol. The molecule has 0 heterocycles. The van der Waals surface area contributed by atoms with Crippen LogP contribution >= 0.6 is 15.9 Å². The third-order valence-electron chi connectivity index (χ3n) is 4.31. The molecule has 1 aliphatic rings. The molecule has 1 aliphatic carbocycles. The summed E-state index contributed by atoms with van der Waals surface area (Å²) in [7, 11) is 1.23. The molecule has 0 bridgehead atoms. The fourth-order valence-corrected chi connectivity index (χ4v) is 2.92. The van der Waals surface area contributed by atoms with Gasteiger partial charge in [0.1, 0.15) is 5.69 Å². The number of carbonyl (C=O) groups is 2. The molecule has 2 aromatic rings. The first-order valence-electron chi connectivity index (χ1n) is 8.58. The zero-order chi connectivity index (χ0) is 20.3. The van der Waals surface area contributed by atoms with E-state index in [0.29, 0.717) is 11.3 Å². The summed E-state index contributed by atoms with van der Waals surface area (Å²) < 4.78 is 5.60. The molecule has 1 atom stereocenters. The van der Waals surface area contributed by atoms with Crippen LogP contribution in [-0.4, -0.2) is 30.0 Å². The Bertz CT molecular complexity index is 912. The van der Waals surface area contributed by atoms with Gasteiger partial charge in [0, 0.05) is 22.1 Å². The van der Waals surface area contributed by atoms with E-state index in [9.17, 15) is 19.7 Å². The highest BCUT2D eigenvalue weighted by Gasteiger charge is 2.27. The number of ether oxygens (including phenoxy) is 1. The molecule has 28 heavy (non-hydrogen) atoms. The van der Waals surface area contributed by atoms with Crippen molar-refractivity contribution in [3.05, 3.63) is 68.2 Å². The van der Waals surface area contributed by atoms with E-state index in [2.05, 4.69) is 26.6 Å². The summed E-state index contributed by atoms with van der Waals surface area (Å²) in [5, 5.41) is 17.0. The van der Waals surface area contributed by atoms with Crippen LogP contribution in [0, 0.1) is 10.1 Å². The number of halogens is 1. The maximum absolute atomic E-state index is 12.7. The van der Waals surface area contributed by atoms with Crippen molar-refractivity contribution < 1.29 is 19.2 Å². The summed E-state index contributed by atoms with van der Waals surface area (Å²) in [5.74, 6) is -1.25. The van der Waals surface area contributed by atoms with E-state index >= 15 is 0 Å². The predicted octanol–water partition coefficient (Wildman–Crippen LogP) is 3.58. The van der Waals surface area contributed by atoms with Crippen molar-refractivity contribution in [2.75, 3.05) is 12.4 Å². The van der Waals surface area contributed by atoms with Crippen LogP contribution in [0.4, 0.5) is 11.4 Å². The van der Waals surface area contributed by atoms with Crippen LogP contribution in [0.1, 0.15) is 34.8 Å². The number of esters is 1. The summed E-state index contributed by atoms with van der Waals surface area (Å²) in [4.78, 5) is 35.7. The normalized spacial score (nSPS) is 14.1. The lowest BCUT2D eigenvalue weighted by Gasteiger charge is -2.17. The lowest BCUT2D eigenvalue weighted by atomic mass is 10.1. The molecule has 8 nitrogen and oxygen atoms in total. The number of amides is 1. The first kappa shape index (κ1) is 19.8. The van der Waals surface area contributed by atoms with Crippen LogP contribution in [0.2, 0.25) is 0 Å². The lowest BCUT2D eigenvalue weighted by molar-refractivity contribution is -0.384. The van der Waals surface area contributed by atoms with Crippen LogP contribution in [-0.2, 0) is 9.53 Å². The molecule has 3 rings (SSSR count). The van der Waals surface area contributed by atoms with Crippen molar-refractivity contribution in [3.63, 3.8) is 0 Å². The Hall–Kier alpha value is -2.94. The lowest BCUT2D eigenvalue weighted by Crippen LogP contribution is -2.34. The number of nitro groups is 1. The molecular formula is C19H18BrN3O5. The number of nitrogens with one attached hydrogen (secondary N) is 2. The Morgan fingerprint density at radius 1 is 1.21 bits per heavy atom. The van der Waals surface area contributed by atoms with Crippen LogP contribution in [0.15, 0.2) is 46.9 Å². The quantitative estimate of drug-likeness (QED) is 0.381. The molecule has 0 radical (unpaired) electrons.